The molecule has 0 bridgehead atoms. The number of carbonyl (C=O) groups excluding carboxylic acids is 1. The number of hydrogen-bond acceptors (Lipinski definition) is 12. The minimum Gasteiger partial charge on any atom is -0.479 e. The largest absolute Gasteiger partial charge is 0.479 e. The molecule has 2 aliphatic heterocycles. The summed E-state index contributed by atoms with van der Waals surface area (Å²) in [6, 6.07) is 6.69. The number of amides is 2. The fraction of sp³-hybridized carbons (Fsp3) is 0.419. The second-order valence-electron chi connectivity index (χ2n) is 11.8. The summed E-state index contributed by atoms with van der Waals surface area (Å²) in [5, 5.41) is 40.9. The van der Waals surface area contributed by atoms with Crippen molar-refractivity contribution < 1.29 is 34.4 Å². The molecule has 1 aromatic carbocycles. The molecule has 2 fully saturated rings. The van der Waals surface area contributed by atoms with Crippen LogP contribution in [0.2, 0.25) is 5.28 Å². The summed E-state index contributed by atoms with van der Waals surface area (Å²) in [7, 11) is 0. The lowest BCUT2D eigenvalue weighted by Gasteiger charge is -2.32. The third kappa shape index (κ3) is 6.04. The second-order valence-corrected chi connectivity index (χ2v) is 12.8. The van der Waals surface area contributed by atoms with Crippen LogP contribution in [-0.4, -0.2) is 95.4 Å². The van der Waals surface area contributed by atoms with E-state index in [1.54, 1.807) is 34.5 Å². The van der Waals surface area contributed by atoms with Gasteiger partial charge in [0.25, 0.3) is 0 Å². The van der Waals surface area contributed by atoms with Crippen LogP contribution in [0, 0.1) is 12.3 Å². The van der Waals surface area contributed by atoms with Gasteiger partial charge >= 0.3 is 12.0 Å². The maximum atomic E-state index is 13.1. The van der Waals surface area contributed by atoms with E-state index in [1.165, 1.54) is 27.7 Å². The number of imidazole rings is 1. The number of carboxylic acids is 1. The molecule has 0 spiro atoms. The van der Waals surface area contributed by atoms with Gasteiger partial charge in [-0.2, -0.15) is 9.97 Å². The molecule has 0 radical (unpaired) electrons. The highest BCUT2D eigenvalue weighted by molar-refractivity contribution is 7.07. The highest BCUT2D eigenvalue weighted by atomic mass is 35.5. The monoisotopic (exact) mass is 696 g/mol. The van der Waals surface area contributed by atoms with Gasteiger partial charge in [-0.15, -0.1) is 17.8 Å². The molecule has 2 amide bonds. The van der Waals surface area contributed by atoms with E-state index in [-0.39, 0.29) is 35.1 Å². The van der Waals surface area contributed by atoms with Gasteiger partial charge in [-0.25, -0.2) is 19.6 Å². The number of rotatable bonds is 11. The number of fused-ring (bicyclic) bond motifs is 1. The van der Waals surface area contributed by atoms with Gasteiger partial charge in [-0.05, 0) is 49.6 Å². The van der Waals surface area contributed by atoms with Crippen LogP contribution in [0.5, 0.6) is 0 Å². The van der Waals surface area contributed by atoms with Gasteiger partial charge in [0.05, 0.1) is 24.1 Å². The Kier molecular flexibility index (Phi) is 9.27. The van der Waals surface area contributed by atoms with E-state index in [2.05, 4.69) is 36.5 Å². The molecular formula is C31H33ClN8O7S. The fourth-order valence-corrected chi connectivity index (χ4v) is 6.60. The van der Waals surface area contributed by atoms with Crippen molar-refractivity contribution in [3.05, 3.63) is 58.0 Å². The van der Waals surface area contributed by atoms with Crippen molar-refractivity contribution >= 4 is 57.6 Å². The lowest BCUT2D eigenvalue weighted by Crippen LogP contribution is -2.50. The Labute approximate surface area is 283 Å². The Morgan fingerprint density at radius 3 is 2.75 bits per heavy atom. The van der Waals surface area contributed by atoms with Crippen LogP contribution in [0.3, 0.4) is 0 Å². The number of urea groups is 1. The average molecular weight is 697 g/mol. The number of nitrogens with zero attached hydrogens (tertiary/aromatic N) is 6. The van der Waals surface area contributed by atoms with E-state index in [4.69, 9.17) is 27.5 Å². The Bertz CT molecular complexity index is 1850. The quantitative estimate of drug-likeness (QED) is 0.114. The molecule has 2 saturated heterocycles. The zero-order chi connectivity index (χ0) is 34.2. The normalized spacial score (nSPS) is 24.0. The van der Waals surface area contributed by atoms with Gasteiger partial charge in [0.2, 0.25) is 10.9 Å². The van der Waals surface area contributed by atoms with E-state index >= 15 is 0 Å². The number of benzene rings is 1. The molecule has 2 aliphatic rings. The third-order valence-electron chi connectivity index (χ3n) is 8.29. The van der Waals surface area contributed by atoms with Crippen molar-refractivity contribution in [2.75, 3.05) is 29.9 Å². The molecular weight excluding hydrogens is 664 g/mol. The second kappa shape index (κ2) is 13.3. The summed E-state index contributed by atoms with van der Waals surface area (Å²) >= 11 is 7.39. The number of halogens is 1. The van der Waals surface area contributed by atoms with Crippen LogP contribution in [0.1, 0.15) is 37.8 Å². The van der Waals surface area contributed by atoms with E-state index in [0.717, 1.165) is 6.42 Å². The van der Waals surface area contributed by atoms with Gasteiger partial charge in [0.15, 0.2) is 28.8 Å². The number of aliphatic hydroxyl groups excluding tert-OH is 1. The van der Waals surface area contributed by atoms with E-state index < -0.39 is 42.2 Å². The van der Waals surface area contributed by atoms with Gasteiger partial charge in [-0.1, -0.05) is 18.1 Å². The molecule has 5 N–H and O–H groups in total. The lowest BCUT2D eigenvalue weighted by molar-refractivity contribution is -0.179. The number of hydrogen-bond donors (Lipinski definition) is 5. The van der Waals surface area contributed by atoms with Crippen LogP contribution in [0.15, 0.2) is 41.5 Å². The Balaban J connectivity index is 1.29. The van der Waals surface area contributed by atoms with Gasteiger partial charge in [0.1, 0.15) is 12.2 Å². The van der Waals surface area contributed by atoms with Gasteiger partial charge < -0.3 is 35.4 Å². The van der Waals surface area contributed by atoms with Crippen LogP contribution in [-0.2, 0) is 26.3 Å². The highest BCUT2D eigenvalue weighted by Crippen LogP contribution is 2.41. The minimum absolute atomic E-state index is 0.00739. The topological polar surface area (TPSA) is 197 Å². The maximum Gasteiger partial charge on any atom is 0.342 e. The van der Waals surface area contributed by atoms with Crippen molar-refractivity contribution in [2.24, 2.45) is 0 Å². The van der Waals surface area contributed by atoms with Crippen molar-refractivity contribution in [1.29, 1.82) is 0 Å². The number of anilines is 2. The number of aromatic nitrogens is 5. The molecule has 6 rings (SSSR count). The Morgan fingerprint density at radius 2 is 2.10 bits per heavy atom. The number of aliphatic hydroxyl groups is 2. The SMILES string of the molecule is C#C[C@@]1(O)[C@@H](COC(Cc2ccc(N3CCCNC3=O)cc2)(C(=O)O)c2cscn2)O[C@@H](n2cnc3c(NC(C)C)nc(Cl)nc32)[C@@H]1O. The number of nitrogens with one attached hydrogen (secondary N) is 2. The van der Waals surface area contributed by atoms with Crippen LogP contribution < -0.4 is 15.5 Å². The number of carbonyl (C=O) groups is 2. The lowest BCUT2D eigenvalue weighted by atomic mass is 9.90. The van der Waals surface area contributed by atoms with E-state index in [9.17, 15) is 24.9 Å². The summed E-state index contributed by atoms with van der Waals surface area (Å²) in [5.74, 6) is 1.24. The molecule has 3 aromatic heterocycles. The van der Waals surface area contributed by atoms with Crippen molar-refractivity contribution in [3.8, 4) is 12.3 Å². The van der Waals surface area contributed by atoms with E-state index in [0.29, 0.717) is 35.7 Å². The predicted molar refractivity (Wildman–Crippen MR) is 176 cm³/mol. The first-order chi connectivity index (χ1) is 23.0. The zero-order valence-electron chi connectivity index (χ0n) is 25.9. The van der Waals surface area contributed by atoms with Gasteiger partial charge in [-0.3, -0.25) is 9.47 Å². The summed E-state index contributed by atoms with van der Waals surface area (Å²) in [4.78, 5) is 44.1. The number of terminal acetylenes is 1. The number of thiazole rings is 1. The Hall–Kier alpha value is -4.37. The number of aliphatic carboxylic acids is 1. The molecule has 17 heteroatoms. The summed E-state index contributed by atoms with van der Waals surface area (Å²) in [5.41, 5.74) is -0.948. The van der Waals surface area contributed by atoms with Crippen LogP contribution in [0.25, 0.3) is 11.2 Å². The first-order valence-electron chi connectivity index (χ1n) is 15.1. The summed E-state index contributed by atoms with van der Waals surface area (Å²) in [6.45, 7) is 4.44. The Morgan fingerprint density at radius 1 is 1.33 bits per heavy atom. The van der Waals surface area contributed by atoms with Crippen molar-refractivity contribution in [3.63, 3.8) is 0 Å². The molecule has 5 atom stereocenters. The molecule has 0 aliphatic carbocycles. The van der Waals surface area contributed by atoms with Crippen molar-refractivity contribution in [2.45, 2.75) is 62.4 Å². The smallest absolute Gasteiger partial charge is 0.342 e. The zero-order valence-corrected chi connectivity index (χ0v) is 27.5. The third-order valence-corrected chi connectivity index (χ3v) is 9.05. The van der Waals surface area contributed by atoms with E-state index in [1.807, 2.05) is 13.8 Å². The molecule has 0 saturated carbocycles. The standard InChI is InChI=1S/C31H33ClN8O7S/c1-4-30(45)21(47-26(23(30)41)40-15-34-22-24(36-17(2)3)37-28(32)38-25(22)40)13-46-31(27(42)43,20-14-48-16-35-20)12-18-6-8-19(9-7-18)39-11-5-10-33-29(39)44/h1,6-9,14-17,21,23,26,41,45H,5,10-13H2,2-3H3,(H,33,44)(H,42,43)(H,36,37,38)/t21-,23+,26-,30-,31?/m1/s1. The molecule has 4 aromatic rings. The molecule has 48 heavy (non-hydrogen) atoms. The number of ether oxygens (including phenoxy) is 2. The summed E-state index contributed by atoms with van der Waals surface area (Å²) in [6.07, 6.45) is 3.31. The van der Waals surface area contributed by atoms with Crippen LogP contribution in [0.4, 0.5) is 16.3 Å². The molecule has 1 unspecified atom stereocenters. The first kappa shape index (κ1) is 33.5. The highest BCUT2D eigenvalue weighted by Gasteiger charge is 2.57. The molecule has 5 heterocycles. The minimum atomic E-state index is -2.31. The predicted octanol–water partition coefficient (Wildman–Crippen LogP) is 2.54. The fourth-order valence-electron chi connectivity index (χ4n) is 5.82. The van der Waals surface area contributed by atoms with Crippen LogP contribution >= 0.6 is 22.9 Å². The molecule has 252 valence electrons. The average Bonchev–Trinajstić information content (AvgIpc) is 3.80. The first-order valence-corrected chi connectivity index (χ1v) is 16.4. The maximum absolute atomic E-state index is 13.1. The number of carboxylic acid groups (broad SMARTS) is 1. The van der Waals surface area contributed by atoms with Crippen molar-refractivity contribution in [1.82, 2.24) is 29.8 Å². The molecule has 15 nitrogen and oxygen atoms in total. The summed E-state index contributed by atoms with van der Waals surface area (Å²) < 4.78 is 13.6. The van der Waals surface area contributed by atoms with Gasteiger partial charge in [0, 0.05) is 36.6 Å².